The number of fused-ring (bicyclic) bond motifs is 1. The number of benzene rings is 1. The third-order valence-corrected chi connectivity index (χ3v) is 4.39. The number of rotatable bonds is 4. The highest BCUT2D eigenvalue weighted by molar-refractivity contribution is 7.16. The number of nitrogens with one attached hydrogen (secondary N) is 1. The van der Waals surface area contributed by atoms with E-state index in [0.29, 0.717) is 15.8 Å². The fraction of sp³-hybridized carbons (Fsp3) is 0.125. The summed E-state index contributed by atoms with van der Waals surface area (Å²) in [4.78, 5) is 29.1. The van der Waals surface area contributed by atoms with Crippen molar-refractivity contribution in [1.82, 2.24) is 15.0 Å². The number of nitrogens with zero attached hydrogens (tertiary/aromatic N) is 3. The molecule has 2 N–H and O–H groups in total. The maximum absolute atomic E-state index is 12.4. The van der Waals surface area contributed by atoms with Gasteiger partial charge in [0.2, 0.25) is 0 Å². The molecule has 0 saturated carbocycles. The van der Waals surface area contributed by atoms with Gasteiger partial charge in [-0.25, -0.2) is 10.4 Å². The molecule has 2 heterocycles. The number of aromatic hydroxyl groups is 1. The van der Waals surface area contributed by atoms with Gasteiger partial charge in [0.25, 0.3) is 11.5 Å². The molecule has 0 unspecified atom stereocenters. The molecule has 122 valence electrons. The highest BCUT2D eigenvalue weighted by Crippen LogP contribution is 2.19. The van der Waals surface area contributed by atoms with Crippen molar-refractivity contribution in [3.8, 4) is 5.75 Å². The fourth-order valence-corrected chi connectivity index (χ4v) is 3.06. The molecule has 2 aromatic heterocycles. The number of thiophene rings is 1. The van der Waals surface area contributed by atoms with Crippen LogP contribution >= 0.6 is 11.3 Å². The van der Waals surface area contributed by atoms with E-state index in [-0.39, 0.29) is 17.9 Å². The van der Waals surface area contributed by atoms with E-state index in [1.807, 2.05) is 12.3 Å². The lowest BCUT2D eigenvalue weighted by Gasteiger charge is -2.04. The zero-order valence-corrected chi connectivity index (χ0v) is 13.6. The van der Waals surface area contributed by atoms with Crippen LogP contribution in [0, 0.1) is 6.92 Å². The Morgan fingerprint density at radius 2 is 2.25 bits per heavy atom. The minimum absolute atomic E-state index is 0.0642. The molecule has 1 aromatic carbocycles. The van der Waals surface area contributed by atoms with Crippen LogP contribution in [0.5, 0.6) is 5.75 Å². The molecule has 3 aromatic rings. The van der Waals surface area contributed by atoms with E-state index in [2.05, 4.69) is 15.5 Å². The first kappa shape index (κ1) is 15.9. The summed E-state index contributed by atoms with van der Waals surface area (Å²) < 4.78 is 1.24. The highest BCUT2D eigenvalue weighted by atomic mass is 32.1. The molecule has 3 rings (SSSR count). The Morgan fingerprint density at radius 1 is 1.46 bits per heavy atom. The van der Waals surface area contributed by atoms with Gasteiger partial charge in [-0.05, 0) is 30.0 Å². The third kappa shape index (κ3) is 3.18. The van der Waals surface area contributed by atoms with E-state index in [0.717, 1.165) is 5.56 Å². The molecule has 0 spiro atoms. The van der Waals surface area contributed by atoms with Crippen molar-refractivity contribution in [1.29, 1.82) is 0 Å². The predicted molar refractivity (Wildman–Crippen MR) is 92.5 cm³/mol. The molecule has 0 aliphatic carbocycles. The van der Waals surface area contributed by atoms with Gasteiger partial charge >= 0.3 is 0 Å². The number of phenolic OH excluding ortho intramolecular Hbond substituents is 1. The second kappa shape index (κ2) is 6.63. The molecular formula is C16H14N4O3S. The lowest BCUT2D eigenvalue weighted by molar-refractivity contribution is -0.121. The number of aromatic nitrogens is 2. The maximum Gasteiger partial charge on any atom is 0.262 e. The smallest absolute Gasteiger partial charge is 0.262 e. The molecule has 0 bridgehead atoms. The summed E-state index contributed by atoms with van der Waals surface area (Å²) in [6, 6.07) is 6.61. The lowest BCUT2D eigenvalue weighted by Crippen LogP contribution is -2.30. The van der Waals surface area contributed by atoms with Crippen molar-refractivity contribution in [2.75, 3.05) is 0 Å². The van der Waals surface area contributed by atoms with E-state index < -0.39 is 5.91 Å². The molecule has 0 aliphatic heterocycles. The van der Waals surface area contributed by atoms with E-state index in [4.69, 9.17) is 0 Å². The molecule has 0 saturated heterocycles. The van der Waals surface area contributed by atoms with Crippen molar-refractivity contribution in [2.45, 2.75) is 13.5 Å². The Hall–Kier alpha value is -3.00. The molecule has 0 radical (unpaired) electrons. The van der Waals surface area contributed by atoms with Crippen LogP contribution in [0.4, 0.5) is 0 Å². The van der Waals surface area contributed by atoms with Gasteiger partial charge in [0.05, 0.1) is 17.9 Å². The summed E-state index contributed by atoms with van der Waals surface area (Å²) in [5.74, 6) is -0.396. The van der Waals surface area contributed by atoms with Crippen molar-refractivity contribution < 1.29 is 9.90 Å². The first-order valence-electron chi connectivity index (χ1n) is 7.09. The number of amides is 1. The molecule has 1 amide bonds. The number of hydrazone groups is 1. The zero-order chi connectivity index (χ0) is 17.1. The second-order valence-electron chi connectivity index (χ2n) is 5.13. The lowest BCUT2D eigenvalue weighted by atomic mass is 10.2. The molecular weight excluding hydrogens is 328 g/mol. The average Bonchev–Trinajstić information content (AvgIpc) is 2.94. The number of carbonyl (C=O) groups excluding carboxylic acids is 1. The quantitative estimate of drug-likeness (QED) is 0.556. The normalized spacial score (nSPS) is 11.2. The van der Waals surface area contributed by atoms with Gasteiger partial charge in [0.15, 0.2) is 0 Å². The van der Waals surface area contributed by atoms with E-state index >= 15 is 0 Å². The molecule has 24 heavy (non-hydrogen) atoms. The number of phenols is 1. The number of aryl methyl sites for hydroxylation is 1. The third-order valence-electron chi connectivity index (χ3n) is 3.39. The fourth-order valence-electron chi connectivity index (χ4n) is 2.18. The van der Waals surface area contributed by atoms with Crippen LogP contribution in [0.1, 0.15) is 11.1 Å². The summed E-state index contributed by atoms with van der Waals surface area (Å²) >= 11 is 1.40. The summed E-state index contributed by atoms with van der Waals surface area (Å²) in [5.41, 5.74) is 3.40. The molecule has 0 aliphatic rings. The summed E-state index contributed by atoms with van der Waals surface area (Å²) in [7, 11) is 0. The van der Waals surface area contributed by atoms with Gasteiger partial charge in [-0.2, -0.15) is 5.10 Å². The summed E-state index contributed by atoms with van der Waals surface area (Å²) in [5, 5.41) is 15.8. The second-order valence-corrected chi connectivity index (χ2v) is 5.99. The van der Waals surface area contributed by atoms with Crippen molar-refractivity contribution >= 4 is 33.7 Å². The topological polar surface area (TPSA) is 96.6 Å². The van der Waals surface area contributed by atoms with Gasteiger partial charge in [-0.15, -0.1) is 11.3 Å². The number of para-hydroxylation sites is 1. The van der Waals surface area contributed by atoms with Crippen LogP contribution in [0.25, 0.3) is 10.2 Å². The van der Waals surface area contributed by atoms with Gasteiger partial charge in [-0.3, -0.25) is 14.2 Å². The molecule has 8 heteroatoms. The Morgan fingerprint density at radius 3 is 3.04 bits per heavy atom. The Labute approximate surface area is 140 Å². The van der Waals surface area contributed by atoms with Gasteiger partial charge in [0, 0.05) is 5.56 Å². The number of hydrogen-bond donors (Lipinski definition) is 2. The number of hydrogen-bond acceptors (Lipinski definition) is 6. The standard InChI is InChI=1S/C16H14N4O3S/c1-10-8-24-15-14(10)16(23)20(9-17-15)7-13(22)19-18-6-11-4-2-3-5-12(11)21/h2-6,8-9,21H,7H2,1H3,(H,19,22)/b18-6+. The van der Waals surface area contributed by atoms with Crippen molar-refractivity contribution in [3.63, 3.8) is 0 Å². The minimum atomic E-state index is -0.460. The average molecular weight is 342 g/mol. The largest absolute Gasteiger partial charge is 0.507 e. The minimum Gasteiger partial charge on any atom is -0.507 e. The molecule has 7 nitrogen and oxygen atoms in total. The van der Waals surface area contributed by atoms with Gasteiger partial charge < -0.3 is 5.11 Å². The van der Waals surface area contributed by atoms with Gasteiger partial charge in [0.1, 0.15) is 17.1 Å². The Balaban J connectivity index is 1.71. The van der Waals surface area contributed by atoms with Crippen LogP contribution < -0.4 is 11.0 Å². The van der Waals surface area contributed by atoms with E-state index in [9.17, 15) is 14.7 Å². The van der Waals surface area contributed by atoms with E-state index in [1.165, 1.54) is 34.5 Å². The van der Waals surface area contributed by atoms with Crippen LogP contribution in [-0.4, -0.2) is 26.8 Å². The van der Waals surface area contributed by atoms with Gasteiger partial charge in [-0.1, -0.05) is 12.1 Å². The summed E-state index contributed by atoms with van der Waals surface area (Å²) in [6.07, 6.45) is 2.69. The van der Waals surface area contributed by atoms with E-state index in [1.54, 1.807) is 18.2 Å². The molecule has 0 fully saturated rings. The Bertz CT molecular complexity index is 990. The predicted octanol–water partition coefficient (Wildman–Crippen LogP) is 1.62. The van der Waals surface area contributed by atoms with Crippen LogP contribution in [0.3, 0.4) is 0 Å². The van der Waals surface area contributed by atoms with Crippen LogP contribution in [-0.2, 0) is 11.3 Å². The maximum atomic E-state index is 12.4. The monoisotopic (exact) mass is 342 g/mol. The summed E-state index contributed by atoms with van der Waals surface area (Å²) in [6.45, 7) is 1.65. The zero-order valence-electron chi connectivity index (χ0n) is 12.8. The first-order chi connectivity index (χ1) is 11.6. The SMILES string of the molecule is Cc1csc2ncn(CC(=O)N/N=C/c3ccccc3O)c(=O)c12. The molecule has 0 atom stereocenters. The van der Waals surface area contributed by atoms with Crippen molar-refractivity contribution in [2.24, 2.45) is 5.10 Å². The highest BCUT2D eigenvalue weighted by Gasteiger charge is 2.10. The van der Waals surface area contributed by atoms with Crippen molar-refractivity contribution in [3.05, 3.63) is 57.5 Å². The first-order valence-corrected chi connectivity index (χ1v) is 7.97. The number of carbonyl (C=O) groups is 1. The Kier molecular flexibility index (Phi) is 4.39. The van der Waals surface area contributed by atoms with Crippen LogP contribution in [0.15, 0.2) is 45.9 Å². The van der Waals surface area contributed by atoms with Crippen LogP contribution in [0.2, 0.25) is 0 Å².